The zero-order valence-corrected chi connectivity index (χ0v) is 15.9. The van der Waals surface area contributed by atoms with E-state index in [0.29, 0.717) is 11.5 Å². The molecule has 0 aromatic carbocycles. The van der Waals surface area contributed by atoms with Crippen molar-refractivity contribution in [2.24, 2.45) is 0 Å². The summed E-state index contributed by atoms with van der Waals surface area (Å²) in [6.07, 6.45) is -1.64. The van der Waals surface area contributed by atoms with Crippen LogP contribution in [0.2, 0.25) is 0 Å². The van der Waals surface area contributed by atoms with E-state index in [-0.39, 0.29) is 35.1 Å². The summed E-state index contributed by atoms with van der Waals surface area (Å²) < 4.78 is 45.2. The third kappa shape index (κ3) is 3.73. The molecule has 0 spiro atoms. The molecule has 4 heterocycles. The van der Waals surface area contributed by atoms with Gasteiger partial charge >= 0.3 is 6.18 Å². The Hall–Kier alpha value is -3.76. The zero-order valence-electron chi connectivity index (χ0n) is 15.9. The topological polar surface area (TPSA) is 98.2 Å². The second-order valence-electron chi connectivity index (χ2n) is 6.59. The summed E-state index contributed by atoms with van der Waals surface area (Å²) in [4.78, 5) is 20.6. The number of pyridine rings is 1. The molecule has 0 saturated carbocycles. The average Bonchev–Trinajstić information content (AvgIpc) is 3.26. The molecule has 0 radical (unpaired) electrons. The quantitative estimate of drug-likeness (QED) is 0.493. The Morgan fingerprint density at radius 3 is 2.63 bits per heavy atom. The number of carbonyl (C=O) groups is 1. The monoisotopic (exact) mass is 416 g/mol. The van der Waals surface area contributed by atoms with Crippen LogP contribution in [0.25, 0.3) is 5.65 Å². The Balaban J connectivity index is 1.62. The van der Waals surface area contributed by atoms with Gasteiger partial charge in [-0.25, -0.2) is 14.5 Å². The number of aromatic nitrogens is 5. The number of fused-ring (bicyclic) bond motifs is 1. The molecular formula is C19H15F3N6O2. The Labute approximate surface area is 167 Å². The summed E-state index contributed by atoms with van der Waals surface area (Å²) in [6, 6.07) is 5.02. The number of hydrogen-bond donors (Lipinski definition) is 1. The van der Waals surface area contributed by atoms with Gasteiger partial charge in [0, 0.05) is 11.8 Å². The Kier molecular flexibility index (Phi) is 4.72. The molecule has 4 aromatic heterocycles. The summed E-state index contributed by atoms with van der Waals surface area (Å²) in [5.41, 5.74) is 0.989. The minimum absolute atomic E-state index is 0.0114. The number of anilines is 2. The van der Waals surface area contributed by atoms with Crippen LogP contribution in [0, 0.1) is 13.8 Å². The fourth-order valence-corrected chi connectivity index (χ4v) is 2.80. The van der Waals surface area contributed by atoms with E-state index in [4.69, 9.17) is 4.52 Å². The molecule has 0 aliphatic heterocycles. The molecule has 4 rings (SSSR count). The van der Waals surface area contributed by atoms with E-state index in [1.807, 2.05) is 6.92 Å². The molecule has 0 atom stereocenters. The third-order valence-corrected chi connectivity index (χ3v) is 4.54. The molecule has 1 N–H and O–H groups in total. The largest absolute Gasteiger partial charge is 0.433 e. The number of nitrogens with one attached hydrogen (secondary N) is 1. The lowest BCUT2D eigenvalue weighted by Crippen LogP contribution is -2.09. The van der Waals surface area contributed by atoms with Gasteiger partial charge in [-0.1, -0.05) is 11.2 Å². The van der Waals surface area contributed by atoms with E-state index in [1.54, 1.807) is 13.1 Å². The van der Waals surface area contributed by atoms with Gasteiger partial charge in [0.25, 0.3) is 0 Å². The van der Waals surface area contributed by atoms with E-state index < -0.39 is 11.9 Å². The Morgan fingerprint density at radius 1 is 1.17 bits per heavy atom. The molecule has 4 aromatic rings. The number of nitrogens with zero attached hydrogens (tertiary/aromatic N) is 5. The van der Waals surface area contributed by atoms with Crippen LogP contribution >= 0.6 is 0 Å². The maximum absolute atomic E-state index is 12.9. The Bertz CT molecular complexity index is 1240. The maximum Gasteiger partial charge on any atom is 0.433 e. The van der Waals surface area contributed by atoms with Gasteiger partial charge in [-0.15, -0.1) is 0 Å². The van der Waals surface area contributed by atoms with Crippen LogP contribution in [0.5, 0.6) is 0 Å². The van der Waals surface area contributed by atoms with Gasteiger partial charge in [0.15, 0.2) is 11.4 Å². The van der Waals surface area contributed by atoms with Crippen molar-refractivity contribution in [2.45, 2.75) is 26.4 Å². The summed E-state index contributed by atoms with van der Waals surface area (Å²) in [5.74, 6) is 0.378. The first-order valence-corrected chi connectivity index (χ1v) is 8.83. The van der Waals surface area contributed by atoms with Crippen molar-refractivity contribution in [2.75, 3.05) is 5.32 Å². The molecule has 0 bridgehead atoms. The van der Waals surface area contributed by atoms with Crippen molar-refractivity contribution in [1.29, 1.82) is 0 Å². The van der Waals surface area contributed by atoms with E-state index in [0.717, 1.165) is 11.6 Å². The lowest BCUT2D eigenvalue weighted by atomic mass is 10.1. The smallest absolute Gasteiger partial charge is 0.360 e. The van der Waals surface area contributed by atoms with Crippen molar-refractivity contribution >= 4 is 23.1 Å². The highest BCUT2D eigenvalue weighted by Crippen LogP contribution is 2.28. The molecule has 11 heteroatoms. The fourth-order valence-electron chi connectivity index (χ4n) is 2.80. The van der Waals surface area contributed by atoms with Gasteiger partial charge < -0.3 is 9.84 Å². The number of rotatable bonds is 5. The van der Waals surface area contributed by atoms with Crippen molar-refractivity contribution < 1.29 is 22.5 Å². The molecular weight excluding hydrogens is 401 g/mol. The maximum atomic E-state index is 12.9. The third-order valence-electron chi connectivity index (χ3n) is 4.54. The normalized spacial score (nSPS) is 11.8. The molecule has 30 heavy (non-hydrogen) atoms. The number of carbonyl (C=O) groups excluding carboxylic acids is 1. The standard InChI is InChI=1S/C19H15F3N6O2/c1-10-11(2)27-30-14(10)8-13(29)12-9-23-28-7-6-17(26-18(12)28)25-16-5-3-4-15(24-16)19(20,21)22/h3-7,9H,8H2,1-2H3,(H,24,25,26). The van der Waals surface area contributed by atoms with Crippen molar-refractivity contribution in [3.05, 3.63) is 64.9 Å². The number of hydrogen-bond acceptors (Lipinski definition) is 7. The van der Waals surface area contributed by atoms with Gasteiger partial charge in [-0.3, -0.25) is 4.79 Å². The molecule has 0 aliphatic rings. The van der Waals surface area contributed by atoms with E-state index >= 15 is 0 Å². The van der Waals surface area contributed by atoms with Crippen LogP contribution in [0.3, 0.4) is 0 Å². The minimum atomic E-state index is -4.56. The number of aryl methyl sites for hydroxylation is 1. The fraction of sp³-hybridized carbons (Fsp3) is 0.211. The van der Waals surface area contributed by atoms with Crippen LogP contribution in [-0.4, -0.2) is 30.5 Å². The number of ketones is 1. The molecule has 0 saturated heterocycles. The average molecular weight is 416 g/mol. The van der Waals surface area contributed by atoms with Gasteiger partial charge in [0.1, 0.15) is 23.1 Å². The van der Waals surface area contributed by atoms with E-state index in [2.05, 4.69) is 25.5 Å². The lowest BCUT2D eigenvalue weighted by molar-refractivity contribution is -0.141. The van der Waals surface area contributed by atoms with Crippen LogP contribution in [0.4, 0.5) is 24.8 Å². The number of Topliss-reactive ketones (excluding diaryl/α,β-unsaturated/α-hetero) is 1. The van der Waals surface area contributed by atoms with E-state index in [1.165, 1.54) is 28.9 Å². The first kappa shape index (κ1) is 19.6. The van der Waals surface area contributed by atoms with Crippen molar-refractivity contribution in [3.63, 3.8) is 0 Å². The van der Waals surface area contributed by atoms with Crippen LogP contribution in [-0.2, 0) is 12.6 Å². The number of alkyl halides is 3. The van der Waals surface area contributed by atoms with Gasteiger partial charge in [-0.05, 0) is 32.0 Å². The zero-order chi connectivity index (χ0) is 21.5. The highest BCUT2D eigenvalue weighted by atomic mass is 19.4. The first-order chi connectivity index (χ1) is 14.2. The molecule has 0 aliphatic carbocycles. The lowest BCUT2D eigenvalue weighted by Gasteiger charge is -2.09. The van der Waals surface area contributed by atoms with Gasteiger partial charge in [0.2, 0.25) is 0 Å². The van der Waals surface area contributed by atoms with Crippen LogP contribution in [0.1, 0.15) is 33.1 Å². The second kappa shape index (κ2) is 7.25. The van der Waals surface area contributed by atoms with Crippen LogP contribution < -0.4 is 5.32 Å². The number of halogens is 3. The van der Waals surface area contributed by atoms with Gasteiger partial charge in [0.05, 0.1) is 23.9 Å². The minimum Gasteiger partial charge on any atom is -0.360 e. The summed E-state index contributed by atoms with van der Waals surface area (Å²) >= 11 is 0. The van der Waals surface area contributed by atoms with Crippen molar-refractivity contribution in [3.8, 4) is 0 Å². The predicted octanol–water partition coefficient (Wildman–Crippen LogP) is 3.92. The second-order valence-corrected chi connectivity index (χ2v) is 6.59. The highest BCUT2D eigenvalue weighted by Gasteiger charge is 2.32. The predicted molar refractivity (Wildman–Crippen MR) is 99.5 cm³/mol. The molecule has 0 amide bonds. The summed E-state index contributed by atoms with van der Waals surface area (Å²) in [7, 11) is 0. The molecule has 154 valence electrons. The highest BCUT2D eigenvalue weighted by molar-refractivity contribution is 6.02. The molecule has 0 unspecified atom stereocenters. The summed E-state index contributed by atoms with van der Waals surface area (Å²) in [6.45, 7) is 3.59. The van der Waals surface area contributed by atoms with E-state index in [9.17, 15) is 18.0 Å². The van der Waals surface area contributed by atoms with Gasteiger partial charge in [-0.2, -0.15) is 18.3 Å². The van der Waals surface area contributed by atoms with Crippen molar-refractivity contribution in [1.82, 2.24) is 24.7 Å². The molecule has 8 nitrogen and oxygen atoms in total. The Morgan fingerprint density at radius 2 is 1.93 bits per heavy atom. The van der Waals surface area contributed by atoms with Crippen LogP contribution in [0.15, 0.2) is 41.2 Å². The SMILES string of the molecule is Cc1noc(CC(=O)c2cnn3ccc(Nc4cccc(C(F)(F)F)n4)nc23)c1C. The summed E-state index contributed by atoms with van der Waals surface area (Å²) in [5, 5.41) is 10.7. The first-order valence-electron chi connectivity index (χ1n) is 8.83. The molecule has 0 fully saturated rings.